The Balaban J connectivity index is 1.45. The van der Waals surface area contributed by atoms with Crippen LogP contribution in [0, 0.1) is 17.1 Å². The van der Waals surface area contributed by atoms with Crippen LogP contribution in [0.5, 0.6) is 11.8 Å². The van der Waals surface area contributed by atoms with Gasteiger partial charge in [-0.1, -0.05) is 12.6 Å². The Kier molecular flexibility index (Phi) is 7.84. The normalized spacial score (nSPS) is 20.8. The summed E-state index contributed by atoms with van der Waals surface area (Å²) in [7, 11) is 2.05. The fourth-order valence-corrected chi connectivity index (χ4v) is 5.66. The van der Waals surface area contributed by atoms with Gasteiger partial charge >= 0.3 is 6.01 Å². The number of ether oxygens (including phenoxy) is 1. The van der Waals surface area contributed by atoms with E-state index in [1.54, 1.807) is 4.90 Å². The lowest BCUT2D eigenvalue weighted by molar-refractivity contribution is -0.128. The first-order valence-electron chi connectivity index (χ1n) is 13.3. The summed E-state index contributed by atoms with van der Waals surface area (Å²) >= 11 is 0. The zero-order valence-corrected chi connectivity index (χ0v) is 22.4. The molecule has 2 fully saturated rings. The number of carbonyl (C=O) groups is 2. The Bertz CT molecular complexity index is 1340. The molecule has 4 heterocycles. The van der Waals surface area contributed by atoms with E-state index in [4.69, 9.17) is 9.72 Å². The van der Waals surface area contributed by atoms with Crippen molar-refractivity contribution in [3.63, 3.8) is 0 Å². The van der Waals surface area contributed by atoms with Crippen molar-refractivity contribution in [2.24, 2.45) is 0 Å². The van der Waals surface area contributed by atoms with E-state index in [0.29, 0.717) is 43.3 Å². The number of amides is 2. The van der Waals surface area contributed by atoms with Crippen LogP contribution in [0.2, 0.25) is 0 Å². The SMILES string of the molecule is C=CC(=O)N1CCN(c2nc(OC[C@@H]3CCCN3C)nc3c2CN(C(=O)c2c(O)cccc2F)C3)C[C@@H]1CC#N. The van der Waals surface area contributed by atoms with Gasteiger partial charge in [0, 0.05) is 31.2 Å². The second kappa shape index (κ2) is 11.5. The van der Waals surface area contributed by atoms with Gasteiger partial charge < -0.3 is 29.4 Å². The van der Waals surface area contributed by atoms with Crippen molar-refractivity contribution in [1.82, 2.24) is 24.7 Å². The van der Waals surface area contributed by atoms with Crippen LogP contribution >= 0.6 is 0 Å². The molecule has 0 bridgehead atoms. The molecule has 1 N–H and O–H groups in total. The molecule has 5 rings (SSSR count). The number of aromatic hydroxyl groups is 1. The van der Waals surface area contributed by atoms with Crippen LogP contribution in [0.1, 0.15) is 40.9 Å². The summed E-state index contributed by atoms with van der Waals surface area (Å²) in [5, 5.41) is 19.6. The molecule has 2 aromatic rings. The largest absolute Gasteiger partial charge is 0.507 e. The van der Waals surface area contributed by atoms with Crippen LogP contribution < -0.4 is 9.64 Å². The smallest absolute Gasteiger partial charge is 0.318 e. The molecule has 12 heteroatoms. The van der Waals surface area contributed by atoms with Gasteiger partial charge in [0.15, 0.2) is 0 Å². The number of fused-ring (bicyclic) bond motifs is 1. The van der Waals surface area contributed by atoms with Gasteiger partial charge in [0.1, 0.15) is 29.6 Å². The fraction of sp³-hybridized carbons (Fsp3) is 0.464. The summed E-state index contributed by atoms with van der Waals surface area (Å²) in [5.74, 6) is -1.57. The number of carbonyl (C=O) groups excluding carboxylic acids is 2. The fourth-order valence-electron chi connectivity index (χ4n) is 5.66. The van der Waals surface area contributed by atoms with E-state index >= 15 is 0 Å². The third-order valence-corrected chi connectivity index (χ3v) is 7.88. The number of nitrogens with zero attached hydrogens (tertiary/aromatic N) is 7. The standard InChI is InChI=1S/C28H32FN7O4/c1-3-24(38)36-13-12-34(14-18(36)9-10-30)26-20-15-35(27(39)25-21(29)7-4-8-23(25)37)16-22(20)31-28(32-26)40-17-19-6-5-11-33(19)2/h3-4,7-8,18-19,37H,1,5-6,9,11-17H2,2H3/t18-,19-/m0/s1. The van der Waals surface area contributed by atoms with Crippen LogP contribution in [0.25, 0.3) is 0 Å². The molecule has 2 saturated heterocycles. The number of piperazine rings is 1. The summed E-state index contributed by atoms with van der Waals surface area (Å²) in [6, 6.07) is 5.95. The van der Waals surface area contributed by atoms with E-state index in [1.165, 1.54) is 23.1 Å². The summed E-state index contributed by atoms with van der Waals surface area (Å²) in [6.45, 7) is 6.35. The molecule has 0 spiro atoms. The van der Waals surface area contributed by atoms with E-state index in [2.05, 4.69) is 29.6 Å². The predicted molar refractivity (Wildman–Crippen MR) is 143 cm³/mol. The first-order chi connectivity index (χ1) is 19.3. The van der Waals surface area contributed by atoms with Gasteiger partial charge in [0.25, 0.3) is 5.91 Å². The van der Waals surface area contributed by atoms with Crippen molar-refractivity contribution >= 4 is 17.6 Å². The lowest BCUT2D eigenvalue weighted by Gasteiger charge is -2.41. The molecule has 0 aliphatic carbocycles. The molecule has 1 aromatic heterocycles. The van der Waals surface area contributed by atoms with Crippen molar-refractivity contribution in [3.8, 4) is 17.8 Å². The summed E-state index contributed by atoms with van der Waals surface area (Å²) < 4.78 is 20.6. The van der Waals surface area contributed by atoms with Crippen molar-refractivity contribution in [1.29, 1.82) is 5.26 Å². The molecule has 0 radical (unpaired) electrons. The molecule has 210 valence electrons. The van der Waals surface area contributed by atoms with Gasteiger partial charge in [-0.05, 0) is 44.6 Å². The van der Waals surface area contributed by atoms with Crippen LogP contribution in [-0.4, -0.2) is 93.5 Å². The zero-order chi connectivity index (χ0) is 28.4. The van der Waals surface area contributed by atoms with Gasteiger partial charge in [0.05, 0.1) is 37.3 Å². The van der Waals surface area contributed by atoms with Crippen molar-refractivity contribution in [3.05, 3.63) is 53.5 Å². The highest BCUT2D eigenvalue weighted by atomic mass is 19.1. The molecule has 0 saturated carbocycles. The van der Waals surface area contributed by atoms with Crippen molar-refractivity contribution < 1.29 is 23.8 Å². The maximum absolute atomic E-state index is 14.5. The Labute approximate surface area is 232 Å². The predicted octanol–water partition coefficient (Wildman–Crippen LogP) is 2.07. The number of hydrogen-bond acceptors (Lipinski definition) is 9. The second-order valence-corrected chi connectivity index (χ2v) is 10.3. The van der Waals surface area contributed by atoms with Crippen molar-refractivity contribution in [2.75, 3.05) is 44.7 Å². The molecule has 1 aromatic carbocycles. The number of nitriles is 1. The number of likely N-dealkylation sites (tertiary alicyclic amines) is 1. The second-order valence-electron chi connectivity index (χ2n) is 10.3. The highest BCUT2D eigenvalue weighted by molar-refractivity contribution is 5.97. The Morgan fingerprint density at radius 1 is 1.25 bits per heavy atom. The number of rotatable bonds is 7. The van der Waals surface area contributed by atoms with Gasteiger partial charge in [-0.3, -0.25) is 9.59 Å². The number of phenolic OH excluding ortho intramolecular Hbond substituents is 1. The molecule has 11 nitrogen and oxygen atoms in total. The quantitative estimate of drug-likeness (QED) is 0.517. The molecule has 0 unspecified atom stereocenters. The third kappa shape index (κ3) is 5.29. The summed E-state index contributed by atoms with van der Waals surface area (Å²) in [6.07, 6.45) is 3.49. The van der Waals surface area contributed by atoms with Gasteiger partial charge in [-0.2, -0.15) is 15.2 Å². The molecule has 2 amide bonds. The third-order valence-electron chi connectivity index (χ3n) is 7.88. The van der Waals surface area contributed by atoms with Gasteiger partial charge in [-0.25, -0.2) is 4.39 Å². The van der Waals surface area contributed by atoms with E-state index in [-0.39, 0.29) is 43.5 Å². The summed E-state index contributed by atoms with van der Waals surface area (Å²) in [4.78, 5) is 42.3. The Hall–Kier alpha value is -4.24. The Morgan fingerprint density at radius 2 is 2.08 bits per heavy atom. The molecule has 3 aliphatic rings. The van der Waals surface area contributed by atoms with E-state index in [0.717, 1.165) is 25.5 Å². The number of anilines is 1. The van der Waals surface area contributed by atoms with E-state index < -0.39 is 23.0 Å². The lowest BCUT2D eigenvalue weighted by atomic mass is 10.1. The molecule has 40 heavy (non-hydrogen) atoms. The minimum absolute atomic E-state index is 0.0910. The number of benzene rings is 1. The first-order valence-corrected chi connectivity index (χ1v) is 13.3. The van der Waals surface area contributed by atoms with Crippen LogP contribution in [0.3, 0.4) is 0 Å². The average molecular weight is 550 g/mol. The van der Waals surface area contributed by atoms with E-state index in [9.17, 15) is 24.3 Å². The minimum Gasteiger partial charge on any atom is -0.507 e. The van der Waals surface area contributed by atoms with Crippen LogP contribution in [-0.2, 0) is 17.9 Å². The highest BCUT2D eigenvalue weighted by Crippen LogP contribution is 2.35. The Morgan fingerprint density at radius 3 is 2.77 bits per heavy atom. The average Bonchev–Trinajstić information content (AvgIpc) is 3.56. The molecular formula is C28H32FN7O4. The number of likely N-dealkylation sites (N-methyl/N-ethyl adjacent to an activating group) is 1. The maximum atomic E-state index is 14.5. The van der Waals surface area contributed by atoms with Crippen LogP contribution in [0.15, 0.2) is 30.9 Å². The number of aromatic nitrogens is 2. The highest BCUT2D eigenvalue weighted by Gasteiger charge is 2.36. The van der Waals surface area contributed by atoms with Gasteiger partial charge in [-0.15, -0.1) is 0 Å². The monoisotopic (exact) mass is 549 g/mol. The molecular weight excluding hydrogens is 517 g/mol. The van der Waals surface area contributed by atoms with Crippen LogP contribution in [0.4, 0.5) is 10.2 Å². The lowest BCUT2D eigenvalue weighted by Crippen LogP contribution is -2.55. The summed E-state index contributed by atoms with van der Waals surface area (Å²) in [5.41, 5.74) is 0.871. The topological polar surface area (TPSA) is 126 Å². The molecule has 3 aliphatic heterocycles. The maximum Gasteiger partial charge on any atom is 0.318 e. The van der Waals surface area contributed by atoms with E-state index in [1.807, 2.05) is 4.90 Å². The minimum atomic E-state index is -0.806. The first kappa shape index (κ1) is 27.3. The number of hydrogen-bond donors (Lipinski definition) is 1. The zero-order valence-electron chi connectivity index (χ0n) is 22.4. The number of halogens is 1. The number of phenols is 1. The van der Waals surface area contributed by atoms with Crippen molar-refractivity contribution in [2.45, 2.75) is 44.4 Å². The molecule has 2 atom stereocenters. The van der Waals surface area contributed by atoms with Gasteiger partial charge in [0.2, 0.25) is 5.91 Å².